The third-order valence-electron chi connectivity index (χ3n) is 5.33. The van der Waals surface area contributed by atoms with E-state index in [1.54, 1.807) is 0 Å². The lowest BCUT2D eigenvalue weighted by Gasteiger charge is -2.38. The Balaban J connectivity index is 1.83. The molecule has 1 atom stereocenters. The predicted octanol–water partition coefficient (Wildman–Crippen LogP) is 5.07. The first-order chi connectivity index (χ1) is 12.9. The molecular formula is C23H22N2O2. The molecule has 1 aromatic heterocycles. The van der Waals surface area contributed by atoms with Gasteiger partial charge in [-0.25, -0.2) is 0 Å². The number of dihydropyridines is 1. The van der Waals surface area contributed by atoms with Crippen molar-refractivity contribution < 1.29 is 9.21 Å². The molecule has 0 saturated heterocycles. The Morgan fingerprint density at radius 3 is 2.59 bits per heavy atom. The van der Waals surface area contributed by atoms with Crippen molar-refractivity contribution in [3.63, 3.8) is 0 Å². The Bertz CT molecular complexity index is 1020. The van der Waals surface area contributed by atoms with Crippen molar-refractivity contribution in [1.82, 2.24) is 5.32 Å². The van der Waals surface area contributed by atoms with Crippen LogP contribution in [0.15, 0.2) is 69.4 Å². The van der Waals surface area contributed by atoms with E-state index in [1.165, 1.54) is 0 Å². The van der Waals surface area contributed by atoms with E-state index >= 15 is 0 Å². The third kappa shape index (κ3) is 3.00. The van der Waals surface area contributed by atoms with E-state index in [2.05, 4.69) is 25.2 Å². The van der Waals surface area contributed by atoms with Crippen molar-refractivity contribution in [2.45, 2.75) is 39.5 Å². The van der Waals surface area contributed by atoms with Gasteiger partial charge in [-0.15, -0.1) is 0 Å². The van der Waals surface area contributed by atoms with E-state index < -0.39 is 5.92 Å². The summed E-state index contributed by atoms with van der Waals surface area (Å²) in [5.41, 5.74) is 3.85. The maximum Gasteiger partial charge on any atom is 0.162 e. The van der Waals surface area contributed by atoms with Crippen LogP contribution >= 0.6 is 0 Å². The molecule has 0 amide bonds. The fraction of sp³-hybridized carbons (Fsp3) is 0.304. The fourth-order valence-electron chi connectivity index (χ4n) is 4.13. The van der Waals surface area contributed by atoms with Gasteiger partial charge in [-0.2, -0.15) is 5.26 Å². The maximum absolute atomic E-state index is 13.0. The predicted molar refractivity (Wildman–Crippen MR) is 103 cm³/mol. The van der Waals surface area contributed by atoms with Crippen molar-refractivity contribution in [1.29, 1.82) is 5.26 Å². The van der Waals surface area contributed by atoms with Crippen molar-refractivity contribution in [3.8, 4) is 17.4 Å². The van der Waals surface area contributed by atoms with E-state index in [9.17, 15) is 10.1 Å². The van der Waals surface area contributed by atoms with Crippen LogP contribution in [0.2, 0.25) is 0 Å². The molecule has 4 rings (SSSR count). The maximum atomic E-state index is 13.0. The van der Waals surface area contributed by atoms with Crippen LogP contribution < -0.4 is 5.32 Å². The molecule has 0 saturated carbocycles. The van der Waals surface area contributed by atoms with Gasteiger partial charge < -0.3 is 9.73 Å². The molecule has 4 nitrogen and oxygen atoms in total. The zero-order valence-electron chi connectivity index (χ0n) is 15.8. The van der Waals surface area contributed by atoms with E-state index in [4.69, 9.17) is 4.42 Å². The lowest BCUT2D eigenvalue weighted by Crippen LogP contribution is -2.36. The summed E-state index contributed by atoms with van der Waals surface area (Å²) in [5, 5.41) is 13.1. The molecule has 0 unspecified atom stereocenters. The summed E-state index contributed by atoms with van der Waals surface area (Å²) in [4.78, 5) is 13.0. The average molecular weight is 358 g/mol. The number of nitrogens with zero attached hydrogens (tertiary/aromatic N) is 1. The lowest BCUT2D eigenvalue weighted by molar-refractivity contribution is -0.118. The smallest absolute Gasteiger partial charge is 0.162 e. The first-order valence-electron chi connectivity index (χ1n) is 9.19. The molecule has 0 fully saturated rings. The van der Waals surface area contributed by atoms with E-state index in [0.717, 1.165) is 29.1 Å². The highest BCUT2D eigenvalue weighted by Gasteiger charge is 2.42. The van der Waals surface area contributed by atoms with Gasteiger partial charge in [0.2, 0.25) is 0 Å². The van der Waals surface area contributed by atoms with Crippen molar-refractivity contribution in [2.75, 3.05) is 0 Å². The minimum Gasteiger partial charge on any atom is -0.460 e. The summed E-state index contributed by atoms with van der Waals surface area (Å²) < 4.78 is 6.14. The number of carbonyl (C=O) groups is 1. The van der Waals surface area contributed by atoms with Crippen LogP contribution in [-0.4, -0.2) is 5.78 Å². The molecular weight excluding hydrogens is 336 g/mol. The molecule has 2 aromatic rings. The van der Waals surface area contributed by atoms with Gasteiger partial charge in [-0.1, -0.05) is 44.2 Å². The van der Waals surface area contributed by atoms with Gasteiger partial charge in [0, 0.05) is 29.0 Å². The molecule has 1 aliphatic carbocycles. The molecule has 2 heterocycles. The van der Waals surface area contributed by atoms with Gasteiger partial charge in [0.05, 0.1) is 17.6 Å². The van der Waals surface area contributed by atoms with Crippen molar-refractivity contribution in [2.24, 2.45) is 5.41 Å². The first kappa shape index (κ1) is 17.4. The zero-order valence-corrected chi connectivity index (χ0v) is 15.8. The van der Waals surface area contributed by atoms with Gasteiger partial charge in [0.15, 0.2) is 5.78 Å². The third-order valence-corrected chi connectivity index (χ3v) is 5.33. The van der Waals surface area contributed by atoms with Crippen LogP contribution in [0.4, 0.5) is 0 Å². The van der Waals surface area contributed by atoms with Crippen LogP contribution in [0.25, 0.3) is 11.3 Å². The number of allylic oxidation sites excluding steroid dienone is 4. The van der Waals surface area contributed by atoms with Crippen LogP contribution in [0.1, 0.15) is 45.3 Å². The quantitative estimate of drug-likeness (QED) is 0.813. The summed E-state index contributed by atoms with van der Waals surface area (Å²) in [6.45, 7) is 6.09. The standard InChI is InChI=1S/C23H22N2O2/c1-14-16(13-24)21(22-17(25-14)11-23(2,3)12-18(22)26)20-10-9-19(27-20)15-7-5-4-6-8-15/h4-10,21,25H,11-12H2,1-3H3/t21-/m0/s1. The first-order valence-corrected chi connectivity index (χ1v) is 9.19. The molecule has 4 heteroatoms. The Hall–Kier alpha value is -3.06. The molecule has 1 aliphatic heterocycles. The Labute approximate surface area is 159 Å². The normalized spacial score (nSPS) is 21.6. The van der Waals surface area contributed by atoms with E-state index in [-0.39, 0.29) is 11.2 Å². The van der Waals surface area contributed by atoms with Gasteiger partial charge in [-0.3, -0.25) is 4.79 Å². The Morgan fingerprint density at radius 2 is 1.89 bits per heavy atom. The van der Waals surface area contributed by atoms with Crippen molar-refractivity contribution in [3.05, 3.63) is 70.8 Å². The van der Waals surface area contributed by atoms with Gasteiger partial charge in [0.1, 0.15) is 11.5 Å². The minimum atomic E-state index is -0.438. The molecule has 2 aliphatic rings. The minimum absolute atomic E-state index is 0.0870. The SMILES string of the molecule is CC1=C(C#N)[C@@H](c2ccc(-c3ccccc3)o2)C2=C(CC(C)(C)CC2=O)N1. The highest BCUT2D eigenvalue weighted by molar-refractivity contribution is 6.00. The molecule has 1 N–H and O–H groups in total. The summed E-state index contributed by atoms with van der Waals surface area (Å²) in [5.74, 6) is 1.04. The summed E-state index contributed by atoms with van der Waals surface area (Å²) in [6.07, 6.45) is 1.26. The second-order valence-electron chi connectivity index (χ2n) is 8.11. The van der Waals surface area contributed by atoms with Crippen LogP contribution in [0.5, 0.6) is 0 Å². The topological polar surface area (TPSA) is 66.0 Å². The molecule has 27 heavy (non-hydrogen) atoms. The highest BCUT2D eigenvalue weighted by Crippen LogP contribution is 2.47. The number of rotatable bonds is 2. The summed E-state index contributed by atoms with van der Waals surface area (Å²) in [6, 6.07) is 15.9. The van der Waals surface area contributed by atoms with Crippen molar-refractivity contribution >= 4 is 5.78 Å². The average Bonchev–Trinajstić information content (AvgIpc) is 3.10. The molecule has 1 aromatic carbocycles. The molecule has 0 bridgehead atoms. The van der Waals surface area contributed by atoms with Gasteiger partial charge in [-0.05, 0) is 30.9 Å². The second kappa shape index (κ2) is 6.28. The van der Waals surface area contributed by atoms with Crippen LogP contribution in [0, 0.1) is 16.7 Å². The number of carbonyl (C=O) groups excluding carboxylic acids is 1. The number of furan rings is 1. The fourth-order valence-corrected chi connectivity index (χ4v) is 4.13. The number of nitrogens with one attached hydrogen (secondary N) is 1. The zero-order chi connectivity index (χ0) is 19.2. The summed E-state index contributed by atoms with van der Waals surface area (Å²) in [7, 11) is 0. The number of Topliss-reactive ketones (excluding diaryl/α,β-unsaturated/α-hetero) is 1. The number of hydrogen-bond donors (Lipinski definition) is 1. The van der Waals surface area contributed by atoms with E-state index in [0.29, 0.717) is 23.3 Å². The number of hydrogen-bond acceptors (Lipinski definition) is 4. The van der Waals surface area contributed by atoms with E-state index in [1.807, 2.05) is 49.4 Å². The van der Waals surface area contributed by atoms with Gasteiger partial charge >= 0.3 is 0 Å². The van der Waals surface area contributed by atoms with Gasteiger partial charge in [0.25, 0.3) is 0 Å². The number of nitriles is 1. The van der Waals surface area contributed by atoms with Crippen LogP contribution in [0.3, 0.4) is 0 Å². The number of benzene rings is 1. The monoisotopic (exact) mass is 358 g/mol. The number of ketones is 1. The molecule has 0 spiro atoms. The van der Waals surface area contributed by atoms with Crippen LogP contribution in [-0.2, 0) is 4.79 Å². The Kier molecular flexibility index (Phi) is 4.04. The molecule has 136 valence electrons. The Morgan fingerprint density at radius 1 is 1.15 bits per heavy atom. The largest absolute Gasteiger partial charge is 0.460 e. The second-order valence-corrected chi connectivity index (χ2v) is 8.11. The molecule has 0 radical (unpaired) electrons. The lowest BCUT2D eigenvalue weighted by atomic mass is 9.70. The summed E-state index contributed by atoms with van der Waals surface area (Å²) >= 11 is 0. The highest BCUT2D eigenvalue weighted by atomic mass is 16.3.